The molecule has 16 nitrogen and oxygen atoms in total. The van der Waals surface area contributed by atoms with Gasteiger partial charge in [-0.2, -0.15) is 0 Å². The van der Waals surface area contributed by atoms with E-state index in [0.29, 0.717) is 77.1 Å². The number of amides is 4. The van der Waals surface area contributed by atoms with Crippen LogP contribution in [0, 0.1) is 0 Å². The number of hydrogen-bond donors (Lipinski definition) is 4. The van der Waals surface area contributed by atoms with Crippen LogP contribution in [0.5, 0.6) is 0 Å². The van der Waals surface area contributed by atoms with Crippen molar-refractivity contribution in [1.29, 1.82) is 0 Å². The molecule has 3 aromatic heterocycles. The van der Waals surface area contributed by atoms with Crippen molar-refractivity contribution in [1.82, 2.24) is 30.1 Å². The first-order chi connectivity index (χ1) is 32.6. The average molecular weight is 932 g/mol. The molecular formula is C50H57N7O9S. The Morgan fingerprint density at radius 1 is 0.821 bits per heavy atom. The van der Waals surface area contributed by atoms with Crippen LogP contribution < -0.4 is 27.0 Å². The number of piperidine rings is 1. The number of pyridine rings is 1. The molecule has 352 valence electrons. The fraction of sp³-hybridized carbons (Fsp3) is 0.440. The minimum Gasteiger partial charge on any atom is -0.381 e. The molecule has 9 rings (SSSR count). The van der Waals surface area contributed by atoms with E-state index in [2.05, 4.69) is 63.7 Å². The normalized spacial score (nSPS) is 19.8. The van der Waals surface area contributed by atoms with Crippen LogP contribution in [-0.2, 0) is 46.8 Å². The predicted molar refractivity (Wildman–Crippen MR) is 257 cm³/mol. The summed E-state index contributed by atoms with van der Waals surface area (Å²) in [5.41, 5.74) is 7.15. The topological polar surface area (TPSA) is 193 Å². The molecule has 0 bridgehead atoms. The van der Waals surface area contributed by atoms with Crippen LogP contribution in [0.3, 0.4) is 0 Å². The number of aromatic nitrogens is 3. The number of fused-ring (bicyclic) bond motifs is 6. The Bertz CT molecular complexity index is 2850. The maximum absolute atomic E-state index is 13.0. The van der Waals surface area contributed by atoms with Gasteiger partial charge in [-0.25, -0.2) is 9.78 Å². The summed E-state index contributed by atoms with van der Waals surface area (Å²) in [6, 6.07) is 22.2. The molecule has 4 amide bonds. The molecule has 67 heavy (non-hydrogen) atoms. The Hall–Kier alpha value is -5.98. The number of carbonyl (C=O) groups excluding carboxylic acids is 4. The third-order valence-electron chi connectivity index (χ3n) is 13.0. The van der Waals surface area contributed by atoms with Crippen LogP contribution in [0.1, 0.15) is 78.2 Å². The standard InChI is InChI=1S/C50H57N7O9S/c1-30-28-51-46-45-36-12-13-37(54-38(36)14-17-42(45)67-47(46)49(61)52-30)34-6-4-32(5-7-34)33-8-10-35(11-9-33)53-44(59)29-66-26-25-65-24-23-64-22-21-63-20-19-31-3-15-39-41(27-31)56(2)50(62)57(39)40-16-18-43(58)55-48(40)60/h3-7,12-15,17,27,30,33,35,40,51H,8-11,16,18-26,28-29H2,1-2H3,(H,52,61)(H,53,59)(H,55,58,60)/t30-,33?,35?,40?/m1/s1. The lowest BCUT2D eigenvalue weighted by Gasteiger charge is -2.29. The summed E-state index contributed by atoms with van der Waals surface area (Å²) in [6.07, 6.45) is 4.97. The molecule has 2 aliphatic heterocycles. The molecule has 1 unspecified atom stereocenters. The lowest BCUT2D eigenvalue weighted by atomic mass is 9.81. The number of anilines is 1. The van der Waals surface area contributed by atoms with Crippen molar-refractivity contribution in [2.24, 2.45) is 7.05 Å². The molecule has 0 spiro atoms. The maximum Gasteiger partial charge on any atom is 0.329 e. The Balaban J connectivity index is 0.617. The van der Waals surface area contributed by atoms with E-state index in [1.54, 1.807) is 7.05 Å². The highest BCUT2D eigenvalue weighted by atomic mass is 32.1. The van der Waals surface area contributed by atoms with Gasteiger partial charge in [-0.1, -0.05) is 30.3 Å². The summed E-state index contributed by atoms with van der Waals surface area (Å²) in [4.78, 5) is 68.3. The first kappa shape index (κ1) is 46.1. The number of imide groups is 1. The Morgan fingerprint density at radius 2 is 1.55 bits per heavy atom. The van der Waals surface area contributed by atoms with Crippen molar-refractivity contribution in [3.8, 4) is 11.3 Å². The highest BCUT2D eigenvalue weighted by Gasteiger charge is 2.31. The summed E-state index contributed by atoms with van der Waals surface area (Å²) in [5, 5.41) is 14.1. The van der Waals surface area contributed by atoms with Gasteiger partial charge < -0.3 is 34.9 Å². The average Bonchev–Trinajstić information content (AvgIpc) is 3.78. The van der Waals surface area contributed by atoms with Crippen LogP contribution >= 0.6 is 11.3 Å². The highest BCUT2D eigenvalue weighted by Crippen LogP contribution is 2.41. The van der Waals surface area contributed by atoms with E-state index in [1.807, 2.05) is 31.2 Å². The fourth-order valence-corrected chi connectivity index (χ4v) is 10.6. The SMILES string of the molecule is C[C@@H]1CNc2c(sc3ccc4nc(-c5ccc(C6CCC(NC(=O)COCCOCCOCCOCCc7ccc8c(c7)n(C)c(=O)n8C7CCC(=O)NC7=O)CC6)cc5)ccc4c23)C(=O)N1. The number of nitrogens with one attached hydrogen (secondary N) is 4. The van der Waals surface area contributed by atoms with Gasteiger partial charge >= 0.3 is 5.69 Å². The summed E-state index contributed by atoms with van der Waals surface area (Å²) >= 11 is 1.52. The quantitative estimate of drug-likeness (QED) is 0.0607. The van der Waals surface area contributed by atoms with Crippen molar-refractivity contribution in [2.45, 2.75) is 75.9 Å². The molecule has 5 heterocycles. The van der Waals surface area contributed by atoms with E-state index in [4.69, 9.17) is 23.9 Å². The minimum absolute atomic E-state index is 0.00383. The lowest BCUT2D eigenvalue weighted by Crippen LogP contribution is -2.44. The zero-order valence-electron chi connectivity index (χ0n) is 37.9. The van der Waals surface area contributed by atoms with Crippen molar-refractivity contribution in [2.75, 3.05) is 64.7 Å². The third-order valence-corrected chi connectivity index (χ3v) is 14.2. The number of benzene rings is 3. The zero-order chi connectivity index (χ0) is 46.4. The van der Waals surface area contributed by atoms with Gasteiger partial charge in [0.2, 0.25) is 17.7 Å². The maximum atomic E-state index is 13.0. The van der Waals surface area contributed by atoms with Crippen molar-refractivity contribution < 1.29 is 38.1 Å². The van der Waals surface area contributed by atoms with E-state index < -0.39 is 11.9 Å². The van der Waals surface area contributed by atoms with E-state index >= 15 is 0 Å². The number of rotatable bonds is 18. The summed E-state index contributed by atoms with van der Waals surface area (Å²) in [5.74, 6) is -0.473. The lowest BCUT2D eigenvalue weighted by molar-refractivity contribution is -0.135. The third kappa shape index (κ3) is 10.5. The zero-order valence-corrected chi connectivity index (χ0v) is 38.7. The van der Waals surface area contributed by atoms with Crippen LogP contribution in [0.4, 0.5) is 5.69 Å². The Morgan fingerprint density at radius 3 is 2.30 bits per heavy atom. The summed E-state index contributed by atoms with van der Waals surface area (Å²) < 4.78 is 26.6. The van der Waals surface area contributed by atoms with Gasteiger partial charge in [0.05, 0.1) is 74.2 Å². The van der Waals surface area contributed by atoms with Crippen molar-refractivity contribution in [3.05, 3.63) is 93.2 Å². The number of hydrogen-bond acceptors (Lipinski definition) is 12. The second-order valence-corrected chi connectivity index (χ2v) is 18.7. The number of thiophene rings is 1. The highest BCUT2D eigenvalue weighted by molar-refractivity contribution is 7.21. The second kappa shape index (κ2) is 20.9. The molecule has 0 radical (unpaired) electrons. The van der Waals surface area contributed by atoms with Gasteiger partial charge in [-0.3, -0.25) is 33.6 Å². The second-order valence-electron chi connectivity index (χ2n) is 17.6. The van der Waals surface area contributed by atoms with Gasteiger partial charge in [-0.15, -0.1) is 11.3 Å². The summed E-state index contributed by atoms with van der Waals surface area (Å²) in [7, 11) is 1.68. The van der Waals surface area contributed by atoms with Crippen molar-refractivity contribution >= 4 is 72.7 Å². The number of imidazole rings is 1. The molecule has 2 fully saturated rings. The number of nitrogens with zero attached hydrogens (tertiary/aromatic N) is 3. The number of aryl methyl sites for hydroxylation is 1. The first-order valence-corrected chi connectivity index (χ1v) is 24.1. The van der Waals surface area contributed by atoms with Crippen LogP contribution in [0.25, 0.3) is 43.3 Å². The molecule has 17 heteroatoms. The molecule has 1 saturated carbocycles. The van der Waals surface area contributed by atoms with Crippen molar-refractivity contribution in [3.63, 3.8) is 0 Å². The van der Waals surface area contributed by atoms with Gasteiger partial charge in [0.25, 0.3) is 5.91 Å². The van der Waals surface area contributed by atoms with E-state index in [1.165, 1.54) is 26.0 Å². The van der Waals surface area contributed by atoms with Gasteiger partial charge in [0.1, 0.15) is 17.5 Å². The predicted octanol–water partition coefficient (Wildman–Crippen LogP) is 5.74. The number of ether oxygens (including phenoxy) is 4. The molecule has 2 atom stereocenters. The Kier molecular flexibility index (Phi) is 14.4. The molecule has 1 saturated heterocycles. The molecule has 4 N–H and O–H groups in total. The van der Waals surface area contributed by atoms with Gasteiger partial charge in [0, 0.05) is 53.1 Å². The van der Waals surface area contributed by atoms with E-state index in [-0.39, 0.29) is 48.5 Å². The molecule has 1 aliphatic carbocycles. The number of carbonyl (C=O) groups is 4. The molecule has 6 aromatic rings. The largest absolute Gasteiger partial charge is 0.381 e. The molecule has 3 aromatic carbocycles. The monoisotopic (exact) mass is 931 g/mol. The minimum atomic E-state index is -0.711. The van der Waals surface area contributed by atoms with Gasteiger partial charge in [-0.05, 0) is 98.9 Å². The van der Waals surface area contributed by atoms with Crippen LogP contribution in [-0.4, -0.2) is 109 Å². The van der Waals surface area contributed by atoms with Crippen LogP contribution in [0.15, 0.2) is 71.5 Å². The smallest absolute Gasteiger partial charge is 0.329 e. The van der Waals surface area contributed by atoms with Gasteiger partial charge in [0.15, 0.2) is 0 Å². The fourth-order valence-electron chi connectivity index (χ4n) is 9.46. The molecule has 3 aliphatic rings. The van der Waals surface area contributed by atoms with E-state index in [9.17, 15) is 24.0 Å². The first-order valence-electron chi connectivity index (χ1n) is 23.3. The Labute approximate surface area is 391 Å². The van der Waals surface area contributed by atoms with E-state index in [0.717, 1.165) is 79.6 Å². The molecular weight excluding hydrogens is 875 g/mol. The summed E-state index contributed by atoms with van der Waals surface area (Å²) in [6.45, 7) is 5.48. The van der Waals surface area contributed by atoms with Crippen LogP contribution in [0.2, 0.25) is 0 Å².